The van der Waals surface area contributed by atoms with Crippen molar-refractivity contribution < 1.29 is 0 Å². The first-order chi connectivity index (χ1) is 9.43. The molecule has 20 heavy (non-hydrogen) atoms. The lowest BCUT2D eigenvalue weighted by Crippen LogP contribution is -2.37. The molecule has 2 heterocycles. The molecular formula is C16H29N3S. The minimum atomic E-state index is 0.501. The Morgan fingerprint density at radius 1 is 1.30 bits per heavy atom. The van der Waals surface area contributed by atoms with Crippen LogP contribution in [0.15, 0.2) is 0 Å². The summed E-state index contributed by atoms with van der Waals surface area (Å²) in [6.45, 7) is 15.7. The fourth-order valence-electron chi connectivity index (χ4n) is 2.61. The lowest BCUT2D eigenvalue weighted by molar-refractivity contribution is 0.279. The van der Waals surface area contributed by atoms with Crippen molar-refractivity contribution in [3.8, 4) is 0 Å². The number of anilines is 1. The van der Waals surface area contributed by atoms with Gasteiger partial charge in [-0.3, -0.25) is 0 Å². The second kappa shape index (κ2) is 6.44. The smallest absolute Gasteiger partial charge is 0.185 e. The predicted molar refractivity (Wildman–Crippen MR) is 88.8 cm³/mol. The fourth-order valence-corrected chi connectivity index (χ4v) is 3.84. The Kier molecular flexibility index (Phi) is 5.08. The van der Waals surface area contributed by atoms with E-state index in [1.165, 1.54) is 28.5 Å². The van der Waals surface area contributed by atoms with Gasteiger partial charge in [0.2, 0.25) is 0 Å². The zero-order chi connectivity index (χ0) is 14.8. The van der Waals surface area contributed by atoms with Crippen molar-refractivity contribution in [2.75, 3.05) is 24.5 Å². The molecule has 0 saturated carbocycles. The van der Waals surface area contributed by atoms with Crippen LogP contribution in [0, 0.1) is 5.41 Å². The van der Waals surface area contributed by atoms with Gasteiger partial charge < -0.3 is 10.2 Å². The van der Waals surface area contributed by atoms with Crippen LogP contribution in [0.25, 0.3) is 0 Å². The highest BCUT2D eigenvalue weighted by Gasteiger charge is 2.27. The Labute approximate surface area is 127 Å². The Balaban J connectivity index is 2.12. The van der Waals surface area contributed by atoms with E-state index in [0.717, 1.165) is 26.2 Å². The van der Waals surface area contributed by atoms with Gasteiger partial charge >= 0.3 is 0 Å². The number of nitrogens with zero attached hydrogens (tertiary/aromatic N) is 2. The van der Waals surface area contributed by atoms with E-state index in [9.17, 15) is 0 Å². The second-order valence-corrected chi connectivity index (χ2v) is 7.95. The van der Waals surface area contributed by atoms with Crippen molar-refractivity contribution in [2.45, 2.75) is 59.9 Å². The number of piperidine rings is 1. The summed E-state index contributed by atoms with van der Waals surface area (Å²) in [5.74, 6) is 0.509. The molecule has 1 aliphatic rings. The zero-order valence-electron chi connectivity index (χ0n) is 13.6. The fraction of sp³-hybridized carbons (Fsp3) is 0.812. The van der Waals surface area contributed by atoms with Crippen LogP contribution < -0.4 is 10.2 Å². The molecule has 0 aromatic carbocycles. The Hall–Kier alpha value is -0.610. The Morgan fingerprint density at radius 3 is 2.50 bits per heavy atom. The SMILES string of the molecule is CCNCc1sc(N2CCC(C)(C)CC2)nc1C(C)C. The molecule has 0 atom stereocenters. The van der Waals surface area contributed by atoms with Gasteiger partial charge in [0.1, 0.15) is 0 Å². The number of hydrogen-bond acceptors (Lipinski definition) is 4. The average Bonchev–Trinajstić information content (AvgIpc) is 2.80. The summed E-state index contributed by atoms with van der Waals surface area (Å²) < 4.78 is 0. The first kappa shape index (κ1) is 15.8. The van der Waals surface area contributed by atoms with Gasteiger partial charge in [0.25, 0.3) is 0 Å². The van der Waals surface area contributed by atoms with E-state index in [0.29, 0.717) is 11.3 Å². The van der Waals surface area contributed by atoms with Crippen molar-refractivity contribution in [1.82, 2.24) is 10.3 Å². The van der Waals surface area contributed by atoms with Crippen LogP contribution in [0.3, 0.4) is 0 Å². The summed E-state index contributed by atoms with van der Waals surface area (Å²) in [7, 11) is 0. The van der Waals surface area contributed by atoms with Crippen LogP contribution in [0.5, 0.6) is 0 Å². The number of nitrogens with one attached hydrogen (secondary N) is 1. The number of hydrogen-bond donors (Lipinski definition) is 1. The van der Waals surface area contributed by atoms with E-state index in [2.05, 4.69) is 44.8 Å². The molecule has 0 bridgehead atoms. The largest absolute Gasteiger partial charge is 0.348 e. The average molecular weight is 295 g/mol. The summed E-state index contributed by atoms with van der Waals surface area (Å²) >= 11 is 1.89. The third-order valence-corrected chi connectivity index (χ3v) is 5.32. The molecule has 114 valence electrons. The molecule has 1 aromatic rings. The first-order valence-electron chi connectivity index (χ1n) is 7.88. The van der Waals surface area contributed by atoms with Crippen molar-refractivity contribution >= 4 is 16.5 Å². The minimum Gasteiger partial charge on any atom is -0.348 e. The van der Waals surface area contributed by atoms with Gasteiger partial charge in [-0.25, -0.2) is 4.98 Å². The summed E-state index contributed by atoms with van der Waals surface area (Å²) in [4.78, 5) is 8.84. The van der Waals surface area contributed by atoms with Gasteiger partial charge in [-0.15, -0.1) is 11.3 Å². The molecule has 1 fully saturated rings. The van der Waals surface area contributed by atoms with Crippen LogP contribution in [0.4, 0.5) is 5.13 Å². The first-order valence-corrected chi connectivity index (χ1v) is 8.70. The van der Waals surface area contributed by atoms with E-state index in [-0.39, 0.29) is 0 Å². The molecule has 0 radical (unpaired) electrons. The van der Waals surface area contributed by atoms with Crippen molar-refractivity contribution in [3.63, 3.8) is 0 Å². The van der Waals surface area contributed by atoms with Crippen LogP contribution in [0.2, 0.25) is 0 Å². The normalized spacial score (nSPS) is 18.8. The molecule has 0 unspecified atom stereocenters. The molecule has 1 N–H and O–H groups in total. The van der Waals surface area contributed by atoms with Crippen LogP contribution in [0.1, 0.15) is 63.9 Å². The Bertz CT molecular complexity index is 427. The quantitative estimate of drug-likeness (QED) is 0.890. The maximum Gasteiger partial charge on any atom is 0.185 e. The highest BCUT2D eigenvalue weighted by Crippen LogP contribution is 2.36. The molecular weight excluding hydrogens is 266 g/mol. The third kappa shape index (κ3) is 3.73. The third-order valence-electron chi connectivity index (χ3n) is 4.19. The van der Waals surface area contributed by atoms with Crippen molar-refractivity contribution in [2.24, 2.45) is 5.41 Å². The Morgan fingerprint density at radius 2 is 1.95 bits per heavy atom. The van der Waals surface area contributed by atoms with Crippen LogP contribution in [-0.4, -0.2) is 24.6 Å². The highest BCUT2D eigenvalue weighted by molar-refractivity contribution is 7.15. The van der Waals surface area contributed by atoms with E-state index >= 15 is 0 Å². The number of thiazole rings is 1. The summed E-state index contributed by atoms with van der Waals surface area (Å²) in [5, 5.41) is 4.67. The van der Waals surface area contributed by atoms with Crippen LogP contribution in [-0.2, 0) is 6.54 Å². The lowest BCUT2D eigenvalue weighted by Gasteiger charge is -2.36. The molecule has 2 rings (SSSR count). The molecule has 0 spiro atoms. The molecule has 4 heteroatoms. The molecule has 0 amide bonds. The second-order valence-electron chi connectivity index (χ2n) is 6.89. The molecule has 1 aromatic heterocycles. The number of rotatable bonds is 5. The lowest BCUT2D eigenvalue weighted by atomic mass is 9.83. The molecule has 3 nitrogen and oxygen atoms in total. The summed E-state index contributed by atoms with van der Waals surface area (Å²) in [5.41, 5.74) is 1.79. The van der Waals surface area contributed by atoms with Gasteiger partial charge in [0, 0.05) is 24.5 Å². The molecule has 0 aliphatic carbocycles. The van der Waals surface area contributed by atoms with E-state index in [4.69, 9.17) is 4.98 Å². The predicted octanol–water partition coefficient (Wildman–Crippen LogP) is 4.00. The maximum atomic E-state index is 4.94. The monoisotopic (exact) mass is 295 g/mol. The van der Waals surface area contributed by atoms with Gasteiger partial charge in [0.05, 0.1) is 5.69 Å². The van der Waals surface area contributed by atoms with E-state index in [1.54, 1.807) is 0 Å². The molecule has 1 saturated heterocycles. The highest BCUT2D eigenvalue weighted by atomic mass is 32.1. The summed E-state index contributed by atoms with van der Waals surface area (Å²) in [6, 6.07) is 0. The minimum absolute atomic E-state index is 0.501. The summed E-state index contributed by atoms with van der Waals surface area (Å²) in [6.07, 6.45) is 2.54. The number of aromatic nitrogens is 1. The van der Waals surface area contributed by atoms with Gasteiger partial charge in [0.15, 0.2) is 5.13 Å². The van der Waals surface area contributed by atoms with Crippen molar-refractivity contribution in [1.29, 1.82) is 0 Å². The van der Waals surface area contributed by atoms with Crippen LogP contribution >= 0.6 is 11.3 Å². The maximum absolute atomic E-state index is 4.94. The van der Waals surface area contributed by atoms with Crippen molar-refractivity contribution in [3.05, 3.63) is 10.6 Å². The van der Waals surface area contributed by atoms with E-state index in [1.807, 2.05) is 11.3 Å². The van der Waals surface area contributed by atoms with Gasteiger partial charge in [-0.05, 0) is 30.7 Å². The topological polar surface area (TPSA) is 28.2 Å². The van der Waals surface area contributed by atoms with Gasteiger partial charge in [-0.2, -0.15) is 0 Å². The standard InChI is InChI=1S/C16H29N3S/c1-6-17-11-13-14(12(2)3)18-15(20-13)19-9-7-16(4,5)8-10-19/h12,17H,6-11H2,1-5H3. The van der Waals surface area contributed by atoms with Gasteiger partial charge in [-0.1, -0.05) is 34.6 Å². The van der Waals surface area contributed by atoms with E-state index < -0.39 is 0 Å². The zero-order valence-corrected chi connectivity index (χ0v) is 14.4. The molecule has 1 aliphatic heterocycles.